The zero-order valence-electron chi connectivity index (χ0n) is 9.60. The molecule has 1 fully saturated rings. The number of nitrogens with zero attached hydrogens (tertiary/aromatic N) is 1. The molecule has 0 aliphatic carbocycles. The summed E-state index contributed by atoms with van der Waals surface area (Å²) in [5, 5.41) is 9.69. The molecule has 0 saturated carbocycles. The maximum Gasteiger partial charge on any atom is 0.227 e. The van der Waals surface area contributed by atoms with Crippen molar-refractivity contribution in [2.75, 3.05) is 19.7 Å². The second-order valence-electron chi connectivity index (χ2n) is 4.48. The van der Waals surface area contributed by atoms with E-state index in [1.165, 1.54) is 0 Å². The summed E-state index contributed by atoms with van der Waals surface area (Å²) in [7, 11) is 0. The van der Waals surface area contributed by atoms with Crippen LogP contribution in [0.25, 0.3) is 0 Å². The third kappa shape index (κ3) is 3.20. The van der Waals surface area contributed by atoms with Crippen LogP contribution >= 0.6 is 11.6 Å². The second-order valence-corrected chi connectivity index (χ2v) is 4.92. The van der Waals surface area contributed by atoms with Gasteiger partial charge in [0.15, 0.2) is 0 Å². The molecule has 1 aliphatic rings. The van der Waals surface area contributed by atoms with Crippen molar-refractivity contribution < 1.29 is 9.90 Å². The lowest BCUT2D eigenvalue weighted by Gasteiger charge is -2.16. The predicted octanol–water partition coefficient (Wildman–Crippen LogP) is 1.72. The van der Waals surface area contributed by atoms with E-state index in [0.717, 1.165) is 18.5 Å². The van der Waals surface area contributed by atoms with Crippen LogP contribution in [-0.2, 0) is 11.2 Å². The van der Waals surface area contributed by atoms with Gasteiger partial charge in [-0.25, -0.2) is 0 Å². The highest BCUT2D eigenvalue weighted by molar-refractivity contribution is 6.30. The number of likely N-dealkylation sites (tertiary alicyclic amines) is 1. The van der Waals surface area contributed by atoms with Crippen LogP contribution in [0.2, 0.25) is 5.02 Å². The molecule has 1 unspecified atom stereocenters. The maximum absolute atomic E-state index is 12.0. The quantitative estimate of drug-likeness (QED) is 0.891. The number of aliphatic hydroxyl groups is 1. The van der Waals surface area contributed by atoms with E-state index in [2.05, 4.69) is 0 Å². The summed E-state index contributed by atoms with van der Waals surface area (Å²) in [5.74, 6) is 0.363. The van der Waals surface area contributed by atoms with Crippen molar-refractivity contribution in [1.29, 1.82) is 0 Å². The van der Waals surface area contributed by atoms with Gasteiger partial charge in [0.1, 0.15) is 0 Å². The van der Waals surface area contributed by atoms with E-state index < -0.39 is 0 Å². The van der Waals surface area contributed by atoms with E-state index in [4.69, 9.17) is 16.7 Å². The summed E-state index contributed by atoms with van der Waals surface area (Å²) in [6.07, 6.45) is 1.29. The monoisotopic (exact) mass is 253 g/mol. The number of carbonyl (C=O) groups is 1. The van der Waals surface area contributed by atoms with Crippen molar-refractivity contribution in [1.82, 2.24) is 4.90 Å². The second kappa shape index (κ2) is 5.52. The minimum Gasteiger partial charge on any atom is -0.396 e. The number of hydrogen-bond donors (Lipinski definition) is 1. The molecule has 1 atom stereocenters. The van der Waals surface area contributed by atoms with Crippen LogP contribution in [0.15, 0.2) is 24.3 Å². The summed E-state index contributed by atoms with van der Waals surface area (Å²) in [6.45, 7) is 1.60. The molecule has 2 rings (SSSR count). The van der Waals surface area contributed by atoms with Gasteiger partial charge in [-0.3, -0.25) is 4.79 Å². The lowest BCUT2D eigenvalue weighted by Crippen LogP contribution is -2.30. The number of benzene rings is 1. The van der Waals surface area contributed by atoms with E-state index in [9.17, 15) is 4.79 Å². The average molecular weight is 254 g/mol. The molecule has 17 heavy (non-hydrogen) atoms. The fraction of sp³-hybridized carbons (Fsp3) is 0.462. The Morgan fingerprint density at radius 1 is 1.53 bits per heavy atom. The Morgan fingerprint density at radius 2 is 2.35 bits per heavy atom. The fourth-order valence-electron chi connectivity index (χ4n) is 2.14. The number of carbonyl (C=O) groups excluding carboxylic acids is 1. The van der Waals surface area contributed by atoms with Gasteiger partial charge in [-0.15, -0.1) is 0 Å². The highest BCUT2D eigenvalue weighted by Gasteiger charge is 2.25. The summed E-state index contributed by atoms with van der Waals surface area (Å²) >= 11 is 5.88. The zero-order valence-corrected chi connectivity index (χ0v) is 10.4. The Morgan fingerprint density at radius 3 is 3.00 bits per heavy atom. The lowest BCUT2D eigenvalue weighted by atomic mass is 10.1. The van der Waals surface area contributed by atoms with Gasteiger partial charge in [0.05, 0.1) is 6.42 Å². The van der Waals surface area contributed by atoms with Gasteiger partial charge >= 0.3 is 0 Å². The first-order valence-electron chi connectivity index (χ1n) is 5.82. The molecule has 1 aromatic rings. The molecule has 3 nitrogen and oxygen atoms in total. The van der Waals surface area contributed by atoms with E-state index in [-0.39, 0.29) is 18.4 Å². The molecule has 1 N–H and O–H groups in total. The molecule has 0 aromatic heterocycles. The summed E-state index contributed by atoms with van der Waals surface area (Å²) in [5.41, 5.74) is 0.940. The third-order valence-corrected chi connectivity index (χ3v) is 3.38. The van der Waals surface area contributed by atoms with Crippen molar-refractivity contribution in [3.05, 3.63) is 34.9 Å². The molecule has 1 aromatic carbocycles. The SMILES string of the molecule is O=C(Cc1cccc(Cl)c1)N1CCC(CO)C1. The molecular formula is C13H16ClNO2. The first kappa shape index (κ1) is 12.4. The minimum absolute atomic E-state index is 0.114. The van der Waals surface area contributed by atoms with E-state index in [1.807, 2.05) is 23.1 Å². The zero-order chi connectivity index (χ0) is 12.3. The normalized spacial score (nSPS) is 19.6. The Hall–Kier alpha value is -1.06. The third-order valence-electron chi connectivity index (χ3n) is 3.14. The fourth-order valence-corrected chi connectivity index (χ4v) is 2.35. The van der Waals surface area contributed by atoms with Gasteiger partial charge in [-0.2, -0.15) is 0 Å². The molecule has 4 heteroatoms. The average Bonchev–Trinajstić information content (AvgIpc) is 2.77. The number of amides is 1. The van der Waals surface area contributed by atoms with Gasteiger partial charge in [-0.1, -0.05) is 23.7 Å². The molecule has 1 saturated heterocycles. The van der Waals surface area contributed by atoms with Crippen LogP contribution in [0.1, 0.15) is 12.0 Å². The molecule has 1 aliphatic heterocycles. The van der Waals surface area contributed by atoms with E-state index in [1.54, 1.807) is 6.07 Å². The molecular weight excluding hydrogens is 238 g/mol. The smallest absolute Gasteiger partial charge is 0.227 e. The van der Waals surface area contributed by atoms with Gasteiger partial charge < -0.3 is 10.0 Å². The highest BCUT2D eigenvalue weighted by atomic mass is 35.5. The standard InChI is InChI=1S/C13H16ClNO2/c14-12-3-1-2-10(6-12)7-13(17)15-5-4-11(8-15)9-16/h1-3,6,11,16H,4-5,7-9H2. The van der Waals surface area contributed by atoms with Crippen LogP contribution in [0.4, 0.5) is 0 Å². The molecule has 0 radical (unpaired) electrons. The number of halogens is 1. The maximum atomic E-state index is 12.0. The predicted molar refractivity (Wildman–Crippen MR) is 66.9 cm³/mol. The number of aliphatic hydroxyl groups excluding tert-OH is 1. The van der Waals surface area contributed by atoms with Crippen LogP contribution in [-0.4, -0.2) is 35.6 Å². The largest absolute Gasteiger partial charge is 0.396 e. The van der Waals surface area contributed by atoms with Gasteiger partial charge in [0, 0.05) is 30.6 Å². The molecule has 1 heterocycles. The van der Waals surface area contributed by atoms with Gasteiger partial charge in [-0.05, 0) is 24.1 Å². The summed E-state index contributed by atoms with van der Waals surface area (Å²) in [6, 6.07) is 7.38. The molecule has 92 valence electrons. The Balaban J connectivity index is 1.93. The first-order valence-corrected chi connectivity index (χ1v) is 6.20. The van der Waals surface area contributed by atoms with Gasteiger partial charge in [0.25, 0.3) is 0 Å². The summed E-state index contributed by atoms with van der Waals surface area (Å²) in [4.78, 5) is 13.8. The topological polar surface area (TPSA) is 40.5 Å². The summed E-state index contributed by atoms with van der Waals surface area (Å²) < 4.78 is 0. The molecule has 1 amide bonds. The van der Waals surface area contributed by atoms with Crippen LogP contribution in [0.3, 0.4) is 0 Å². The number of rotatable bonds is 3. The Bertz CT molecular complexity index is 408. The number of hydrogen-bond acceptors (Lipinski definition) is 2. The molecule has 0 bridgehead atoms. The van der Waals surface area contributed by atoms with E-state index >= 15 is 0 Å². The highest BCUT2D eigenvalue weighted by Crippen LogP contribution is 2.17. The van der Waals surface area contributed by atoms with Crippen molar-refractivity contribution in [2.45, 2.75) is 12.8 Å². The van der Waals surface area contributed by atoms with Crippen LogP contribution < -0.4 is 0 Å². The minimum atomic E-state index is 0.114. The van der Waals surface area contributed by atoms with Crippen molar-refractivity contribution in [3.63, 3.8) is 0 Å². The van der Waals surface area contributed by atoms with Crippen molar-refractivity contribution >= 4 is 17.5 Å². The van der Waals surface area contributed by atoms with Crippen LogP contribution in [0, 0.1) is 5.92 Å². The Labute approximate surface area is 106 Å². The lowest BCUT2D eigenvalue weighted by molar-refractivity contribution is -0.129. The van der Waals surface area contributed by atoms with Crippen molar-refractivity contribution in [2.24, 2.45) is 5.92 Å². The van der Waals surface area contributed by atoms with Gasteiger partial charge in [0.2, 0.25) is 5.91 Å². The van der Waals surface area contributed by atoms with Crippen molar-refractivity contribution in [3.8, 4) is 0 Å². The molecule has 0 spiro atoms. The van der Waals surface area contributed by atoms with E-state index in [0.29, 0.717) is 18.0 Å². The first-order chi connectivity index (χ1) is 8.19. The Kier molecular flexibility index (Phi) is 4.02. The van der Waals surface area contributed by atoms with Crippen LogP contribution in [0.5, 0.6) is 0 Å².